The maximum atomic E-state index is 13.2. The van der Waals surface area contributed by atoms with Gasteiger partial charge in [-0.3, -0.25) is 9.10 Å². The SMILES string of the molecule is CC(C)OC(=O)CN(c1cccc(I)c1)S(=O)(=O)c1cc(Cl)ccc1Cl. The fourth-order valence-corrected chi connectivity index (χ4v) is 4.83. The van der Waals surface area contributed by atoms with Gasteiger partial charge in [0.25, 0.3) is 10.0 Å². The van der Waals surface area contributed by atoms with Gasteiger partial charge in [0.2, 0.25) is 0 Å². The lowest BCUT2D eigenvalue weighted by molar-refractivity contribution is -0.145. The van der Waals surface area contributed by atoms with Crippen molar-refractivity contribution in [3.63, 3.8) is 0 Å². The summed E-state index contributed by atoms with van der Waals surface area (Å²) in [4.78, 5) is 12.0. The van der Waals surface area contributed by atoms with Crippen molar-refractivity contribution in [2.45, 2.75) is 24.8 Å². The maximum absolute atomic E-state index is 13.2. The second-order valence-electron chi connectivity index (χ2n) is 5.60. The van der Waals surface area contributed by atoms with Gasteiger partial charge in [-0.15, -0.1) is 0 Å². The van der Waals surface area contributed by atoms with Crippen LogP contribution in [0, 0.1) is 3.57 Å². The number of nitrogens with zero attached hydrogens (tertiary/aromatic N) is 1. The third-order valence-corrected chi connectivity index (χ3v) is 6.36. The molecule has 0 saturated carbocycles. The molecule has 0 amide bonds. The summed E-state index contributed by atoms with van der Waals surface area (Å²) in [5.74, 6) is -0.666. The fraction of sp³-hybridized carbons (Fsp3) is 0.235. The summed E-state index contributed by atoms with van der Waals surface area (Å²) in [5.41, 5.74) is 0.327. The number of benzene rings is 2. The predicted molar refractivity (Wildman–Crippen MR) is 111 cm³/mol. The minimum absolute atomic E-state index is 0.0160. The minimum atomic E-state index is -4.14. The summed E-state index contributed by atoms with van der Waals surface area (Å²) in [7, 11) is -4.14. The molecule has 140 valence electrons. The van der Waals surface area contributed by atoms with Crippen molar-refractivity contribution in [2.75, 3.05) is 10.8 Å². The molecule has 0 aliphatic carbocycles. The molecule has 0 saturated heterocycles. The lowest BCUT2D eigenvalue weighted by atomic mass is 10.3. The van der Waals surface area contributed by atoms with E-state index < -0.39 is 22.5 Å². The Labute approximate surface area is 176 Å². The van der Waals surface area contributed by atoms with Crippen molar-refractivity contribution in [2.24, 2.45) is 0 Å². The van der Waals surface area contributed by atoms with Gasteiger partial charge in [0.1, 0.15) is 11.4 Å². The smallest absolute Gasteiger partial charge is 0.327 e. The number of anilines is 1. The van der Waals surface area contributed by atoms with Crippen LogP contribution in [0.4, 0.5) is 5.69 Å². The average molecular weight is 528 g/mol. The highest BCUT2D eigenvalue weighted by atomic mass is 127. The molecule has 0 N–H and O–H groups in total. The molecule has 0 atom stereocenters. The van der Waals surface area contributed by atoms with Gasteiger partial charge in [0.05, 0.1) is 16.8 Å². The molecular weight excluding hydrogens is 512 g/mol. The summed E-state index contributed by atoms with van der Waals surface area (Å²) < 4.78 is 33.3. The topological polar surface area (TPSA) is 63.7 Å². The van der Waals surface area contributed by atoms with Crippen LogP contribution >= 0.6 is 45.8 Å². The third-order valence-electron chi connectivity index (χ3n) is 3.20. The Bertz CT molecular complexity index is 919. The second-order valence-corrected chi connectivity index (χ2v) is 9.52. The zero-order valence-corrected chi connectivity index (χ0v) is 18.4. The first-order valence-corrected chi connectivity index (χ1v) is 10.8. The van der Waals surface area contributed by atoms with Crippen LogP contribution in [-0.2, 0) is 19.6 Å². The first kappa shape index (κ1) is 21.3. The highest BCUT2D eigenvalue weighted by Crippen LogP contribution is 2.31. The van der Waals surface area contributed by atoms with Gasteiger partial charge in [-0.1, -0.05) is 29.3 Å². The van der Waals surface area contributed by atoms with Gasteiger partial charge in [-0.05, 0) is 72.8 Å². The van der Waals surface area contributed by atoms with Crippen LogP contribution < -0.4 is 4.31 Å². The first-order chi connectivity index (χ1) is 12.1. The average Bonchev–Trinajstić information content (AvgIpc) is 2.54. The number of ether oxygens (including phenoxy) is 1. The first-order valence-electron chi connectivity index (χ1n) is 7.54. The number of carbonyl (C=O) groups excluding carboxylic acids is 1. The number of esters is 1. The van der Waals surface area contributed by atoms with E-state index in [0.717, 1.165) is 7.88 Å². The van der Waals surface area contributed by atoms with E-state index in [-0.39, 0.29) is 21.0 Å². The van der Waals surface area contributed by atoms with Crippen LogP contribution in [-0.4, -0.2) is 27.0 Å². The van der Waals surface area contributed by atoms with Crippen LogP contribution in [0.2, 0.25) is 10.0 Å². The van der Waals surface area contributed by atoms with Crippen LogP contribution in [0.1, 0.15) is 13.8 Å². The van der Waals surface area contributed by atoms with Crippen molar-refractivity contribution >= 4 is 67.5 Å². The summed E-state index contributed by atoms with van der Waals surface area (Å²) in [5, 5.41) is 0.238. The molecule has 0 bridgehead atoms. The van der Waals surface area contributed by atoms with E-state index in [1.165, 1.54) is 18.2 Å². The molecule has 2 aromatic rings. The van der Waals surface area contributed by atoms with E-state index in [4.69, 9.17) is 27.9 Å². The summed E-state index contributed by atoms with van der Waals surface area (Å²) in [6, 6.07) is 10.9. The second kappa shape index (κ2) is 8.77. The van der Waals surface area contributed by atoms with E-state index in [1.807, 2.05) is 6.07 Å². The highest BCUT2D eigenvalue weighted by Gasteiger charge is 2.30. The van der Waals surface area contributed by atoms with Crippen molar-refractivity contribution in [3.8, 4) is 0 Å². The lowest BCUT2D eigenvalue weighted by Gasteiger charge is -2.25. The molecule has 5 nitrogen and oxygen atoms in total. The van der Waals surface area contributed by atoms with E-state index >= 15 is 0 Å². The molecule has 26 heavy (non-hydrogen) atoms. The van der Waals surface area contributed by atoms with Gasteiger partial charge in [0.15, 0.2) is 0 Å². The molecule has 0 heterocycles. The number of rotatable bonds is 6. The quantitative estimate of drug-likeness (QED) is 0.402. The van der Waals surface area contributed by atoms with Gasteiger partial charge >= 0.3 is 5.97 Å². The lowest BCUT2D eigenvalue weighted by Crippen LogP contribution is -2.37. The van der Waals surface area contributed by atoms with Crippen LogP contribution in [0.25, 0.3) is 0 Å². The highest BCUT2D eigenvalue weighted by molar-refractivity contribution is 14.1. The van der Waals surface area contributed by atoms with Gasteiger partial charge in [-0.2, -0.15) is 0 Å². The Morgan fingerprint density at radius 2 is 1.88 bits per heavy atom. The van der Waals surface area contributed by atoms with Crippen LogP contribution in [0.15, 0.2) is 47.4 Å². The standard InChI is InChI=1S/C17H16Cl2INO4S/c1-11(2)25-17(22)10-21(14-5-3-4-13(20)9-14)26(23,24)16-8-12(18)6-7-15(16)19/h3-9,11H,10H2,1-2H3. The molecule has 0 unspecified atom stereocenters. The number of hydrogen-bond donors (Lipinski definition) is 0. The number of hydrogen-bond acceptors (Lipinski definition) is 4. The van der Waals surface area contributed by atoms with Crippen LogP contribution in [0.5, 0.6) is 0 Å². The van der Waals surface area contributed by atoms with E-state index in [2.05, 4.69) is 22.6 Å². The number of carbonyl (C=O) groups is 1. The van der Waals surface area contributed by atoms with Gasteiger partial charge < -0.3 is 4.74 Å². The predicted octanol–water partition coefficient (Wildman–Crippen LogP) is 4.74. The Balaban J connectivity index is 2.55. The molecule has 0 aliphatic heterocycles. The largest absolute Gasteiger partial charge is 0.462 e. The fourth-order valence-electron chi connectivity index (χ4n) is 2.16. The van der Waals surface area contributed by atoms with Crippen molar-refractivity contribution in [1.29, 1.82) is 0 Å². The Morgan fingerprint density at radius 3 is 2.50 bits per heavy atom. The van der Waals surface area contributed by atoms with E-state index in [9.17, 15) is 13.2 Å². The molecule has 0 spiro atoms. The molecule has 9 heteroatoms. The van der Waals surface area contributed by atoms with Crippen molar-refractivity contribution < 1.29 is 17.9 Å². The summed E-state index contributed by atoms with van der Waals surface area (Å²) >= 11 is 14.1. The molecule has 0 fully saturated rings. The van der Waals surface area contributed by atoms with Crippen LogP contribution in [0.3, 0.4) is 0 Å². The van der Waals surface area contributed by atoms with E-state index in [1.54, 1.807) is 32.0 Å². The summed E-state index contributed by atoms with van der Waals surface area (Å²) in [6.45, 7) is 2.90. The zero-order valence-electron chi connectivity index (χ0n) is 13.9. The minimum Gasteiger partial charge on any atom is -0.462 e. The number of halogens is 3. The number of sulfonamides is 1. The summed E-state index contributed by atoms with van der Waals surface area (Å²) in [6.07, 6.45) is -0.363. The maximum Gasteiger partial charge on any atom is 0.327 e. The molecule has 0 radical (unpaired) electrons. The monoisotopic (exact) mass is 527 g/mol. The zero-order chi connectivity index (χ0) is 19.5. The van der Waals surface area contributed by atoms with E-state index in [0.29, 0.717) is 5.69 Å². The Hall–Kier alpha value is -1.03. The van der Waals surface area contributed by atoms with Crippen molar-refractivity contribution in [3.05, 3.63) is 56.1 Å². The Morgan fingerprint density at radius 1 is 1.19 bits per heavy atom. The normalized spacial score (nSPS) is 11.5. The Kier molecular flexibility index (Phi) is 7.18. The third kappa shape index (κ3) is 5.25. The van der Waals surface area contributed by atoms with Crippen molar-refractivity contribution in [1.82, 2.24) is 0 Å². The molecular formula is C17H16Cl2INO4S. The van der Waals surface area contributed by atoms with Gasteiger partial charge in [0, 0.05) is 8.59 Å². The molecule has 0 aromatic heterocycles. The van der Waals surface area contributed by atoms with Gasteiger partial charge in [-0.25, -0.2) is 8.42 Å². The molecule has 2 rings (SSSR count). The molecule has 0 aliphatic rings. The molecule has 2 aromatic carbocycles.